The fraction of sp³-hybridized carbons (Fsp3) is 0.333. The van der Waals surface area contributed by atoms with Crippen molar-refractivity contribution < 1.29 is 18.8 Å². The van der Waals surface area contributed by atoms with Crippen molar-refractivity contribution in [2.24, 2.45) is 5.16 Å². The fourth-order valence-electron chi connectivity index (χ4n) is 3.65. The largest absolute Gasteiger partial charge is 0.386 e. The number of likely N-dealkylation sites (tertiary alicyclic amines) is 1. The maximum absolute atomic E-state index is 13.0. The van der Waals surface area contributed by atoms with Crippen molar-refractivity contribution in [1.82, 2.24) is 15.2 Å². The molecule has 1 fully saturated rings. The average Bonchev–Trinajstić information content (AvgIpc) is 3.17. The molecule has 1 aromatic carbocycles. The molecule has 9 heteroatoms. The summed E-state index contributed by atoms with van der Waals surface area (Å²) in [4.78, 5) is 36.3. The van der Waals surface area contributed by atoms with Gasteiger partial charge in [-0.05, 0) is 54.8 Å². The van der Waals surface area contributed by atoms with Crippen molar-refractivity contribution in [2.45, 2.75) is 31.4 Å². The Balaban J connectivity index is 1.32. The summed E-state index contributed by atoms with van der Waals surface area (Å²) >= 11 is 0. The van der Waals surface area contributed by atoms with Crippen LogP contribution in [0.5, 0.6) is 0 Å². The quantitative estimate of drug-likeness (QED) is 0.809. The molecule has 0 saturated carbocycles. The Kier molecular flexibility index (Phi) is 5.60. The van der Waals surface area contributed by atoms with Gasteiger partial charge in [0.25, 0.3) is 5.91 Å². The topological polar surface area (TPSA) is 95.9 Å². The Morgan fingerprint density at radius 3 is 2.70 bits per heavy atom. The number of nitrogens with one attached hydrogen (secondary N) is 2. The van der Waals surface area contributed by atoms with Gasteiger partial charge in [-0.25, -0.2) is 9.18 Å². The molecule has 8 nitrogen and oxygen atoms in total. The first-order chi connectivity index (χ1) is 14.5. The maximum atomic E-state index is 13.0. The summed E-state index contributed by atoms with van der Waals surface area (Å²) in [7, 11) is 0. The lowest BCUT2D eigenvalue weighted by atomic mass is 9.88. The van der Waals surface area contributed by atoms with E-state index < -0.39 is 5.60 Å². The van der Waals surface area contributed by atoms with Gasteiger partial charge in [-0.3, -0.25) is 9.78 Å². The minimum absolute atomic E-state index is 0.281. The fourth-order valence-corrected chi connectivity index (χ4v) is 3.65. The molecular formula is C21H22FN5O3. The van der Waals surface area contributed by atoms with Gasteiger partial charge in [0, 0.05) is 37.6 Å². The van der Waals surface area contributed by atoms with E-state index in [-0.39, 0.29) is 17.8 Å². The number of amides is 3. The van der Waals surface area contributed by atoms with Gasteiger partial charge in [0.15, 0.2) is 5.60 Å². The van der Waals surface area contributed by atoms with Gasteiger partial charge in [-0.15, -0.1) is 0 Å². The van der Waals surface area contributed by atoms with E-state index in [4.69, 9.17) is 4.84 Å². The van der Waals surface area contributed by atoms with Crippen molar-refractivity contribution >= 4 is 23.3 Å². The number of halogens is 1. The number of carbonyl (C=O) groups excluding carboxylic acids is 2. The molecule has 2 aliphatic rings. The van der Waals surface area contributed by atoms with Crippen molar-refractivity contribution in [3.8, 4) is 0 Å². The molecule has 1 spiro atoms. The molecule has 0 bridgehead atoms. The molecular weight excluding hydrogens is 389 g/mol. The third kappa shape index (κ3) is 4.56. The molecule has 1 atom stereocenters. The highest BCUT2D eigenvalue weighted by atomic mass is 19.1. The first kappa shape index (κ1) is 19.8. The smallest absolute Gasteiger partial charge is 0.321 e. The number of nitrogens with zero attached hydrogens (tertiary/aromatic N) is 3. The zero-order valence-corrected chi connectivity index (χ0v) is 16.3. The van der Waals surface area contributed by atoms with Crippen LogP contribution in [-0.4, -0.2) is 46.2 Å². The molecule has 3 heterocycles. The van der Waals surface area contributed by atoms with E-state index in [1.807, 2.05) is 12.1 Å². The maximum Gasteiger partial charge on any atom is 0.321 e. The highest BCUT2D eigenvalue weighted by molar-refractivity contribution is 6.39. The van der Waals surface area contributed by atoms with Crippen molar-refractivity contribution in [3.63, 3.8) is 0 Å². The van der Waals surface area contributed by atoms with Crippen LogP contribution in [0.1, 0.15) is 24.8 Å². The predicted octanol–water partition coefficient (Wildman–Crippen LogP) is 2.68. The van der Waals surface area contributed by atoms with Crippen LogP contribution in [0.4, 0.5) is 14.9 Å². The van der Waals surface area contributed by atoms with Gasteiger partial charge in [-0.2, -0.15) is 0 Å². The Morgan fingerprint density at radius 2 is 1.93 bits per heavy atom. The standard InChI is InChI=1S/C21H22FN5O3/c22-16-2-4-17(5-3-16)25-20(29)27-11-1-8-21(14-27)12-18(26-30-21)19(28)24-13-15-6-9-23-10-7-15/h2-7,9-10H,1,8,11-14H2,(H,24,28)(H,25,29)/t21-/m0/s1. The van der Waals surface area contributed by atoms with Gasteiger partial charge < -0.3 is 20.4 Å². The van der Waals surface area contributed by atoms with Crippen LogP contribution >= 0.6 is 0 Å². The first-order valence-corrected chi connectivity index (χ1v) is 9.77. The van der Waals surface area contributed by atoms with Crippen LogP contribution in [0, 0.1) is 5.82 Å². The van der Waals surface area contributed by atoms with Gasteiger partial charge in [0.1, 0.15) is 11.5 Å². The molecule has 1 aromatic heterocycles. The molecule has 1 saturated heterocycles. The molecule has 2 aromatic rings. The highest BCUT2D eigenvalue weighted by Crippen LogP contribution is 2.33. The number of piperidine rings is 1. The zero-order valence-electron chi connectivity index (χ0n) is 16.3. The number of hydrogen-bond donors (Lipinski definition) is 2. The molecule has 0 unspecified atom stereocenters. The number of hydrogen-bond acceptors (Lipinski definition) is 5. The Bertz CT molecular complexity index is 951. The number of rotatable bonds is 4. The normalized spacial score (nSPS) is 20.4. The molecule has 2 aliphatic heterocycles. The van der Waals surface area contributed by atoms with E-state index in [0.29, 0.717) is 43.9 Å². The first-order valence-electron chi connectivity index (χ1n) is 9.77. The minimum Gasteiger partial charge on any atom is -0.386 e. The number of urea groups is 1. The summed E-state index contributed by atoms with van der Waals surface area (Å²) in [6, 6.07) is 8.96. The Hall–Kier alpha value is -3.49. The third-order valence-electron chi connectivity index (χ3n) is 5.23. The third-order valence-corrected chi connectivity index (χ3v) is 5.23. The summed E-state index contributed by atoms with van der Waals surface area (Å²) in [5.41, 5.74) is 1.08. The number of aromatic nitrogens is 1. The van der Waals surface area contributed by atoms with E-state index >= 15 is 0 Å². The van der Waals surface area contributed by atoms with Crippen LogP contribution in [0.3, 0.4) is 0 Å². The lowest BCUT2D eigenvalue weighted by Crippen LogP contribution is -2.52. The van der Waals surface area contributed by atoms with Gasteiger partial charge in [0.05, 0.1) is 6.54 Å². The van der Waals surface area contributed by atoms with E-state index in [9.17, 15) is 14.0 Å². The van der Waals surface area contributed by atoms with Crippen molar-refractivity contribution in [2.75, 3.05) is 18.4 Å². The van der Waals surface area contributed by atoms with Gasteiger partial charge >= 0.3 is 6.03 Å². The van der Waals surface area contributed by atoms with E-state index in [0.717, 1.165) is 12.0 Å². The molecule has 156 valence electrons. The van der Waals surface area contributed by atoms with E-state index in [1.54, 1.807) is 17.3 Å². The second-order valence-electron chi connectivity index (χ2n) is 7.49. The van der Waals surface area contributed by atoms with Crippen LogP contribution in [0.15, 0.2) is 53.9 Å². The molecule has 30 heavy (non-hydrogen) atoms. The molecule has 4 rings (SSSR count). The summed E-state index contributed by atoms with van der Waals surface area (Å²) in [6.45, 7) is 1.27. The van der Waals surface area contributed by atoms with Crippen molar-refractivity contribution in [3.05, 3.63) is 60.2 Å². The minimum atomic E-state index is -0.693. The number of anilines is 1. The summed E-state index contributed by atoms with van der Waals surface area (Å²) < 4.78 is 13.0. The van der Waals surface area contributed by atoms with Crippen LogP contribution in [0.25, 0.3) is 0 Å². The molecule has 2 N–H and O–H groups in total. The molecule has 0 aliphatic carbocycles. The Labute approximate surface area is 173 Å². The van der Waals surface area contributed by atoms with Gasteiger partial charge in [0.2, 0.25) is 0 Å². The summed E-state index contributed by atoms with van der Waals surface area (Å²) in [5, 5.41) is 9.60. The zero-order chi connectivity index (χ0) is 21.0. The van der Waals surface area contributed by atoms with Crippen LogP contribution < -0.4 is 10.6 Å². The number of benzene rings is 1. The summed E-state index contributed by atoms with van der Waals surface area (Å²) in [5.74, 6) is -0.646. The SMILES string of the molecule is O=C(NCc1ccncc1)C1=NO[C@@]2(CCCN(C(=O)Nc3ccc(F)cc3)C2)C1. The van der Waals surface area contributed by atoms with Gasteiger partial charge in [-0.1, -0.05) is 5.16 Å². The second-order valence-corrected chi connectivity index (χ2v) is 7.49. The lowest BCUT2D eigenvalue weighted by Gasteiger charge is -2.38. The molecule has 3 amide bonds. The Morgan fingerprint density at radius 1 is 1.17 bits per heavy atom. The van der Waals surface area contributed by atoms with Crippen LogP contribution in [0.2, 0.25) is 0 Å². The van der Waals surface area contributed by atoms with E-state index in [2.05, 4.69) is 20.8 Å². The predicted molar refractivity (Wildman–Crippen MR) is 108 cm³/mol. The monoisotopic (exact) mass is 411 g/mol. The van der Waals surface area contributed by atoms with Crippen molar-refractivity contribution in [1.29, 1.82) is 0 Å². The lowest BCUT2D eigenvalue weighted by molar-refractivity contribution is -0.115. The second kappa shape index (κ2) is 8.48. The number of carbonyl (C=O) groups is 2. The van der Waals surface area contributed by atoms with E-state index in [1.165, 1.54) is 24.3 Å². The number of pyridine rings is 1. The average molecular weight is 411 g/mol. The highest BCUT2D eigenvalue weighted by Gasteiger charge is 2.45. The summed E-state index contributed by atoms with van der Waals surface area (Å²) in [6.07, 6.45) is 5.12. The number of oxime groups is 1. The molecule has 0 radical (unpaired) electrons. The van der Waals surface area contributed by atoms with Crippen LogP contribution in [-0.2, 0) is 16.2 Å².